The van der Waals surface area contributed by atoms with Crippen LogP contribution in [0.15, 0.2) is 36.7 Å². The van der Waals surface area contributed by atoms with Crippen LogP contribution in [0.1, 0.15) is 19.9 Å². The van der Waals surface area contributed by atoms with Crippen molar-refractivity contribution in [3.05, 3.63) is 36.7 Å². The number of urea groups is 1. The number of hydrogen-bond acceptors (Lipinski definition) is 2. The van der Waals surface area contributed by atoms with Crippen molar-refractivity contribution in [2.24, 2.45) is 5.73 Å². The number of amides is 2. The number of aromatic nitrogens is 2. The first-order valence-corrected chi connectivity index (χ1v) is 5.77. The lowest BCUT2D eigenvalue weighted by Crippen LogP contribution is -2.19. The van der Waals surface area contributed by atoms with Gasteiger partial charge in [0, 0.05) is 23.5 Å². The standard InChI is InChI=1S/C13H16N4O/c1-9(2)17-8-11(7-15-17)10-3-5-12(6-4-10)16-13(14)18/h3-9H,1-2H3,(H3,14,16,18). The maximum Gasteiger partial charge on any atom is 0.316 e. The molecule has 0 saturated heterocycles. The number of rotatable bonds is 3. The molecule has 0 radical (unpaired) electrons. The molecule has 1 aromatic heterocycles. The average Bonchev–Trinajstić information content (AvgIpc) is 2.78. The van der Waals surface area contributed by atoms with E-state index in [-0.39, 0.29) is 0 Å². The first-order valence-electron chi connectivity index (χ1n) is 5.77. The van der Waals surface area contributed by atoms with Gasteiger partial charge in [0.15, 0.2) is 0 Å². The number of carbonyl (C=O) groups is 1. The molecule has 0 aliphatic rings. The molecule has 5 nitrogen and oxygen atoms in total. The van der Waals surface area contributed by atoms with E-state index in [9.17, 15) is 4.79 Å². The van der Waals surface area contributed by atoms with Gasteiger partial charge in [-0.15, -0.1) is 0 Å². The van der Waals surface area contributed by atoms with Gasteiger partial charge < -0.3 is 11.1 Å². The zero-order valence-corrected chi connectivity index (χ0v) is 10.4. The van der Waals surface area contributed by atoms with Crippen molar-refractivity contribution in [1.82, 2.24) is 9.78 Å². The Bertz CT molecular complexity index is 542. The lowest BCUT2D eigenvalue weighted by molar-refractivity contribution is 0.259. The zero-order valence-electron chi connectivity index (χ0n) is 10.4. The highest BCUT2D eigenvalue weighted by Gasteiger charge is 2.04. The molecule has 0 unspecified atom stereocenters. The summed E-state index contributed by atoms with van der Waals surface area (Å²) in [5.41, 5.74) is 7.83. The number of primary amides is 1. The lowest BCUT2D eigenvalue weighted by Gasteiger charge is -2.04. The number of nitrogens with two attached hydrogens (primary N) is 1. The fourth-order valence-electron chi connectivity index (χ4n) is 1.66. The van der Waals surface area contributed by atoms with Crippen LogP contribution in [0.25, 0.3) is 11.1 Å². The second kappa shape index (κ2) is 4.91. The Balaban J connectivity index is 2.20. The van der Waals surface area contributed by atoms with Gasteiger partial charge >= 0.3 is 6.03 Å². The van der Waals surface area contributed by atoms with Gasteiger partial charge in [0.25, 0.3) is 0 Å². The number of benzene rings is 1. The minimum atomic E-state index is -0.560. The Morgan fingerprint density at radius 3 is 2.44 bits per heavy atom. The predicted octanol–water partition coefficient (Wildman–Crippen LogP) is 2.62. The highest BCUT2D eigenvalue weighted by atomic mass is 16.2. The second-order valence-corrected chi connectivity index (χ2v) is 4.37. The smallest absolute Gasteiger partial charge is 0.316 e. The predicted molar refractivity (Wildman–Crippen MR) is 71.3 cm³/mol. The molecule has 0 spiro atoms. The third-order valence-corrected chi connectivity index (χ3v) is 2.62. The highest BCUT2D eigenvalue weighted by molar-refractivity contribution is 5.88. The molecule has 0 aliphatic carbocycles. The largest absolute Gasteiger partial charge is 0.351 e. The van der Waals surface area contributed by atoms with Crippen LogP contribution >= 0.6 is 0 Å². The van der Waals surface area contributed by atoms with E-state index in [1.165, 1.54) is 0 Å². The van der Waals surface area contributed by atoms with Gasteiger partial charge in [-0.1, -0.05) is 12.1 Å². The topological polar surface area (TPSA) is 72.9 Å². The van der Waals surface area contributed by atoms with Gasteiger partial charge in [-0.05, 0) is 31.5 Å². The van der Waals surface area contributed by atoms with Crippen LogP contribution in [0, 0.1) is 0 Å². The van der Waals surface area contributed by atoms with E-state index in [1.54, 1.807) is 0 Å². The van der Waals surface area contributed by atoms with Gasteiger partial charge in [-0.25, -0.2) is 4.79 Å². The van der Waals surface area contributed by atoms with E-state index in [0.29, 0.717) is 11.7 Å². The molecule has 3 N–H and O–H groups in total. The van der Waals surface area contributed by atoms with Crippen molar-refractivity contribution in [2.45, 2.75) is 19.9 Å². The SMILES string of the molecule is CC(C)n1cc(-c2ccc(NC(N)=O)cc2)cn1. The Hall–Kier alpha value is -2.30. The fourth-order valence-corrected chi connectivity index (χ4v) is 1.66. The van der Waals surface area contributed by atoms with Crippen LogP contribution in [-0.4, -0.2) is 15.8 Å². The van der Waals surface area contributed by atoms with Gasteiger partial charge in [0.1, 0.15) is 0 Å². The molecule has 0 atom stereocenters. The third-order valence-electron chi connectivity index (χ3n) is 2.62. The minimum Gasteiger partial charge on any atom is -0.351 e. The molecule has 1 aromatic carbocycles. The summed E-state index contributed by atoms with van der Waals surface area (Å²) < 4.78 is 1.91. The summed E-state index contributed by atoms with van der Waals surface area (Å²) in [5.74, 6) is 0. The molecule has 5 heteroatoms. The van der Waals surface area contributed by atoms with Crippen LogP contribution < -0.4 is 11.1 Å². The summed E-state index contributed by atoms with van der Waals surface area (Å²) in [7, 11) is 0. The Kier molecular flexibility index (Phi) is 3.32. The molecule has 0 bridgehead atoms. The summed E-state index contributed by atoms with van der Waals surface area (Å²) in [6, 6.07) is 7.25. The number of carbonyl (C=O) groups excluding carboxylic acids is 1. The van der Waals surface area contributed by atoms with E-state index >= 15 is 0 Å². The third kappa shape index (κ3) is 2.68. The Labute approximate surface area is 106 Å². The molecule has 94 valence electrons. The minimum absolute atomic E-state index is 0.342. The lowest BCUT2D eigenvalue weighted by atomic mass is 10.1. The van der Waals surface area contributed by atoms with Crippen molar-refractivity contribution in [3.63, 3.8) is 0 Å². The molecular weight excluding hydrogens is 228 g/mol. The summed E-state index contributed by atoms with van der Waals surface area (Å²) in [4.78, 5) is 10.7. The van der Waals surface area contributed by atoms with Crippen molar-refractivity contribution in [2.75, 3.05) is 5.32 Å². The normalized spacial score (nSPS) is 10.6. The molecule has 2 rings (SSSR count). The number of anilines is 1. The summed E-state index contributed by atoms with van der Waals surface area (Å²) in [6.07, 6.45) is 3.83. The maximum absolute atomic E-state index is 10.7. The molecule has 1 heterocycles. The van der Waals surface area contributed by atoms with Gasteiger partial charge in [0.2, 0.25) is 0 Å². The molecule has 2 aromatic rings. The second-order valence-electron chi connectivity index (χ2n) is 4.37. The van der Waals surface area contributed by atoms with Crippen LogP contribution in [0.2, 0.25) is 0 Å². The first kappa shape index (κ1) is 12.2. The van der Waals surface area contributed by atoms with E-state index in [1.807, 2.05) is 41.3 Å². The van der Waals surface area contributed by atoms with E-state index in [2.05, 4.69) is 24.3 Å². The zero-order chi connectivity index (χ0) is 13.1. The van der Waals surface area contributed by atoms with E-state index in [0.717, 1.165) is 11.1 Å². The molecule has 0 aliphatic heterocycles. The average molecular weight is 244 g/mol. The highest BCUT2D eigenvalue weighted by Crippen LogP contribution is 2.21. The van der Waals surface area contributed by atoms with E-state index in [4.69, 9.17) is 5.73 Å². The van der Waals surface area contributed by atoms with Crippen molar-refractivity contribution in [3.8, 4) is 11.1 Å². The van der Waals surface area contributed by atoms with Crippen LogP contribution in [0.5, 0.6) is 0 Å². The molecule has 0 saturated carbocycles. The fraction of sp³-hybridized carbons (Fsp3) is 0.231. The van der Waals surface area contributed by atoms with Crippen molar-refractivity contribution < 1.29 is 4.79 Å². The summed E-state index contributed by atoms with van der Waals surface area (Å²) in [6.45, 7) is 4.16. The monoisotopic (exact) mass is 244 g/mol. The van der Waals surface area contributed by atoms with Gasteiger partial charge in [0.05, 0.1) is 6.20 Å². The van der Waals surface area contributed by atoms with Crippen LogP contribution in [0.4, 0.5) is 10.5 Å². The maximum atomic E-state index is 10.7. The quantitative estimate of drug-likeness (QED) is 0.871. The number of nitrogens with one attached hydrogen (secondary N) is 1. The number of nitrogens with zero attached hydrogens (tertiary/aromatic N) is 2. The first-order chi connectivity index (χ1) is 8.56. The van der Waals surface area contributed by atoms with Crippen LogP contribution in [0.3, 0.4) is 0 Å². The van der Waals surface area contributed by atoms with Gasteiger partial charge in [-0.2, -0.15) is 5.10 Å². The van der Waals surface area contributed by atoms with Crippen molar-refractivity contribution >= 4 is 11.7 Å². The van der Waals surface area contributed by atoms with Crippen LogP contribution in [-0.2, 0) is 0 Å². The van der Waals surface area contributed by atoms with Gasteiger partial charge in [-0.3, -0.25) is 4.68 Å². The van der Waals surface area contributed by atoms with E-state index < -0.39 is 6.03 Å². The summed E-state index contributed by atoms with van der Waals surface area (Å²) in [5, 5.41) is 6.81. The molecule has 2 amide bonds. The molecule has 0 fully saturated rings. The summed E-state index contributed by atoms with van der Waals surface area (Å²) >= 11 is 0. The Morgan fingerprint density at radius 2 is 1.94 bits per heavy atom. The molecular formula is C13H16N4O. The number of hydrogen-bond donors (Lipinski definition) is 2. The Morgan fingerprint density at radius 1 is 1.28 bits per heavy atom. The molecule has 18 heavy (non-hydrogen) atoms. The van der Waals surface area contributed by atoms with Crippen molar-refractivity contribution in [1.29, 1.82) is 0 Å².